The SMILES string of the molecule is O=S(=O)(Nc1nc2ccccc2nc1OC(c1ccco1)C(F)(F)F)c1ccccc1Cl. The first kappa shape index (κ1) is 21.9. The average Bonchev–Trinajstić information content (AvgIpc) is 3.25. The van der Waals surface area contributed by atoms with Gasteiger partial charge in [0.05, 0.1) is 22.3 Å². The summed E-state index contributed by atoms with van der Waals surface area (Å²) in [6.45, 7) is 0. The maximum atomic E-state index is 13.7. The molecule has 0 aliphatic heterocycles. The standard InChI is InChI=1S/C20H13ClF3N3O4S/c21-12-6-1-4-10-16(12)32(28,29)27-18-19(26-14-8-3-2-7-13(14)25-18)31-17(20(22,23)24)15-9-5-11-30-15/h1-11,17H,(H,25,27). The first-order valence-corrected chi connectivity index (χ1v) is 10.8. The van der Waals surface area contributed by atoms with Crippen LogP contribution in [0.1, 0.15) is 11.9 Å². The number of rotatable bonds is 6. The lowest BCUT2D eigenvalue weighted by atomic mass is 10.2. The number of anilines is 1. The van der Waals surface area contributed by atoms with Gasteiger partial charge in [0.25, 0.3) is 22.0 Å². The molecule has 4 rings (SSSR count). The fourth-order valence-corrected chi connectivity index (χ4v) is 4.34. The topological polar surface area (TPSA) is 94.3 Å². The monoisotopic (exact) mass is 483 g/mol. The van der Waals surface area contributed by atoms with E-state index in [1.54, 1.807) is 12.1 Å². The lowest BCUT2D eigenvalue weighted by Crippen LogP contribution is -2.27. The van der Waals surface area contributed by atoms with Gasteiger partial charge < -0.3 is 9.15 Å². The molecule has 1 N–H and O–H groups in total. The molecule has 1 atom stereocenters. The van der Waals surface area contributed by atoms with E-state index in [-0.39, 0.29) is 21.0 Å². The molecular weight excluding hydrogens is 471 g/mol. The number of furan rings is 1. The quantitative estimate of drug-likeness (QED) is 0.397. The summed E-state index contributed by atoms with van der Waals surface area (Å²) in [7, 11) is -4.33. The van der Waals surface area contributed by atoms with Gasteiger partial charge in [0.15, 0.2) is 5.76 Å². The van der Waals surface area contributed by atoms with Crippen molar-refractivity contribution in [1.29, 1.82) is 0 Å². The van der Waals surface area contributed by atoms with Crippen LogP contribution in [0, 0.1) is 0 Å². The van der Waals surface area contributed by atoms with E-state index in [4.69, 9.17) is 20.8 Å². The number of hydrogen-bond acceptors (Lipinski definition) is 6. The number of sulfonamides is 1. The van der Waals surface area contributed by atoms with Gasteiger partial charge in [-0.15, -0.1) is 0 Å². The molecule has 2 aromatic carbocycles. The molecule has 0 saturated heterocycles. The zero-order chi connectivity index (χ0) is 22.9. The van der Waals surface area contributed by atoms with Crippen molar-refractivity contribution in [2.75, 3.05) is 4.72 Å². The Morgan fingerprint density at radius 1 is 0.969 bits per heavy atom. The Hall–Kier alpha value is -3.31. The van der Waals surface area contributed by atoms with Crippen molar-refractivity contribution in [2.24, 2.45) is 0 Å². The van der Waals surface area contributed by atoms with E-state index in [1.165, 1.54) is 42.5 Å². The van der Waals surface area contributed by atoms with Crippen LogP contribution in [0.5, 0.6) is 5.88 Å². The van der Waals surface area contributed by atoms with Crippen LogP contribution in [-0.2, 0) is 10.0 Å². The van der Waals surface area contributed by atoms with Gasteiger partial charge in [-0.3, -0.25) is 4.72 Å². The van der Waals surface area contributed by atoms with Gasteiger partial charge in [-0.25, -0.2) is 18.4 Å². The van der Waals surface area contributed by atoms with Crippen molar-refractivity contribution in [2.45, 2.75) is 17.2 Å². The van der Waals surface area contributed by atoms with Crippen molar-refractivity contribution >= 4 is 38.5 Å². The van der Waals surface area contributed by atoms with Crippen LogP contribution in [0.3, 0.4) is 0 Å². The van der Waals surface area contributed by atoms with Gasteiger partial charge in [-0.2, -0.15) is 13.2 Å². The van der Waals surface area contributed by atoms with Crippen LogP contribution in [0.4, 0.5) is 19.0 Å². The molecule has 0 saturated carbocycles. The Balaban J connectivity index is 1.82. The molecule has 1 unspecified atom stereocenters. The van der Waals surface area contributed by atoms with Crippen molar-refractivity contribution in [1.82, 2.24) is 9.97 Å². The van der Waals surface area contributed by atoms with Gasteiger partial charge in [0, 0.05) is 0 Å². The smallest absolute Gasteiger partial charge is 0.432 e. The zero-order valence-electron chi connectivity index (χ0n) is 15.9. The zero-order valence-corrected chi connectivity index (χ0v) is 17.4. The van der Waals surface area contributed by atoms with E-state index in [1.807, 2.05) is 0 Å². The van der Waals surface area contributed by atoms with Crippen LogP contribution < -0.4 is 9.46 Å². The number of aromatic nitrogens is 2. The first-order valence-electron chi connectivity index (χ1n) is 8.96. The Morgan fingerprint density at radius 3 is 2.25 bits per heavy atom. The lowest BCUT2D eigenvalue weighted by Gasteiger charge is -2.21. The largest absolute Gasteiger partial charge is 0.465 e. The molecule has 0 aliphatic rings. The molecule has 0 spiro atoms. The molecule has 0 fully saturated rings. The van der Waals surface area contributed by atoms with Crippen molar-refractivity contribution in [3.05, 3.63) is 77.7 Å². The third-order valence-electron chi connectivity index (χ3n) is 4.22. The average molecular weight is 484 g/mol. The molecule has 4 aromatic rings. The van der Waals surface area contributed by atoms with E-state index in [2.05, 4.69) is 14.7 Å². The highest BCUT2D eigenvalue weighted by molar-refractivity contribution is 7.92. The fourth-order valence-electron chi connectivity index (χ4n) is 2.82. The Morgan fingerprint density at radius 2 is 1.62 bits per heavy atom. The summed E-state index contributed by atoms with van der Waals surface area (Å²) >= 11 is 5.97. The minimum absolute atomic E-state index is 0.0834. The van der Waals surface area contributed by atoms with Crippen LogP contribution in [0.25, 0.3) is 11.0 Å². The molecule has 12 heteroatoms. The molecule has 0 bridgehead atoms. The number of para-hydroxylation sites is 2. The summed E-state index contributed by atoms with van der Waals surface area (Å²) in [4.78, 5) is 7.87. The number of halogens is 4. The molecule has 32 heavy (non-hydrogen) atoms. The van der Waals surface area contributed by atoms with E-state index in [0.29, 0.717) is 0 Å². The second-order valence-corrected chi connectivity index (χ2v) is 8.51. The van der Waals surface area contributed by atoms with Crippen LogP contribution in [0.2, 0.25) is 5.02 Å². The van der Waals surface area contributed by atoms with E-state index in [9.17, 15) is 21.6 Å². The third kappa shape index (κ3) is 4.48. The summed E-state index contributed by atoms with van der Waals surface area (Å²) in [5.74, 6) is -1.75. The molecule has 2 heterocycles. The molecule has 7 nitrogen and oxygen atoms in total. The highest BCUT2D eigenvalue weighted by Crippen LogP contribution is 2.39. The summed E-state index contributed by atoms with van der Waals surface area (Å²) in [5, 5.41) is -0.0834. The maximum absolute atomic E-state index is 13.7. The minimum atomic E-state index is -4.88. The summed E-state index contributed by atoms with van der Waals surface area (Å²) in [6.07, 6.45) is -6.37. The van der Waals surface area contributed by atoms with E-state index in [0.717, 1.165) is 12.3 Å². The molecule has 166 valence electrons. The summed E-state index contributed by atoms with van der Waals surface area (Å²) in [5.41, 5.74) is 0.432. The minimum Gasteiger partial charge on any atom is -0.465 e. The number of alkyl halides is 3. The number of nitrogens with zero attached hydrogens (tertiary/aromatic N) is 2. The Kier molecular flexibility index (Phi) is 5.70. The van der Waals surface area contributed by atoms with Gasteiger partial charge in [-0.05, 0) is 36.4 Å². The Labute approximate surface area is 184 Å². The van der Waals surface area contributed by atoms with E-state index >= 15 is 0 Å². The summed E-state index contributed by atoms with van der Waals surface area (Å²) < 4.78 is 78.9. The van der Waals surface area contributed by atoms with Crippen molar-refractivity contribution in [3.63, 3.8) is 0 Å². The van der Waals surface area contributed by atoms with Crippen molar-refractivity contribution < 1.29 is 30.7 Å². The number of ether oxygens (including phenoxy) is 1. The molecule has 0 aliphatic carbocycles. The molecule has 0 amide bonds. The highest BCUT2D eigenvalue weighted by Gasteiger charge is 2.46. The highest BCUT2D eigenvalue weighted by atomic mass is 35.5. The van der Waals surface area contributed by atoms with Gasteiger partial charge in [-0.1, -0.05) is 35.9 Å². The molecular formula is C20H13ClF3N3O4S. The van der Waals surface area contributed by atoms with Crippen LogP contribution >= 0.6 is 11.6 Å². The summed E-state index contributed by atoms with van der Waals surface area (Å²) in [6, 6.07) is 14.2. The third-order valence-corrected chi connectivity index (χ3v) is 6.06. The lowest BCUT2D eigenvalue weighted by molar-refractivity contribution is -0.203. The second kappa shape index (κ2) is 8.32. The van der Waals surface area contributed by atoms with Gasteiger partial charge in [0.1, 0.15) is 4.90 Å². The number of benzene rings is 2. The van der Waals surface area contributed by atoms with Gasteiger partial charge in [0.2, 0.25) is 5.82 Å². The number of nitrogens with one attached hydrogen (secondary N) is 1. The predicted octanol–water partition coefficient (Wildman–Crippen LogP) is 5.36. The first-order chi connectivity index (χ1) is 15.1. The molecule has 2 aromatic heterocycles. The maximum Gasteiger partial charge on any atom is 0.432 e. The number of fused-ring (bicyclic) bond motifs is 1. The second-order valence-electron chi connectivity index (χ2n) is 6.46. The fraction of sp³-hybridized carbons (Fsp3) is 0.100. The molecule has 0 radical (unpaired) electrons. The number of hydrogen-bond donors (Lipinski definition) is 1. The predicted molar refractivity (Wildman–Crippen MR) is 110 cm³/mol. The van der Waals surface area contributed by atoms with E-state index < -0.39 is 39.8 Å². The Bertz CT molecular complexity index is 1360. The van der Waals surface area contributed by atoms with Crippen molar-refractivity contribution in [3.8, 4) is 5.88 Å². The van der Waals surface area contributed by atoms with Crippen LogP contribution in [0.15, 0.2) is 76.2 Å². The van der Waals surface area contributed by atoms with Crippen LogP contribution in [-0.4, -0.2) is 24.6 Å². The normalized spacial score (nSPS) is 13.1. The van der Waals surface area contributed by atoms with Gasteiger partial charge >= 0.3 is 6.18 Å².